The summed E-state index contributed by atoms with van der Waals surface area (Å²) in [6.07, 6.45) is -1.90. The van der Waals surface area contributed by atoms with E-state index in [-0.39, 0.29) is 5.01 Å². The summed E-state index contributed by atoms with van der Waals surface area (Å²) in [5.41, 5.74) is -2.53. The molecule has 0 aliphatic carbocycles. The zero-order valence-electron chi connectivity index (χ0n) is 10.8. The van der Waals surface area contributed by atoms with Crippen molar-refractivity contribution in [3.63, 3.8) is 0 Å². The quantitative estimate of drug-likeness (QED) is 0.890. The zero-order valence-corrected chi connectivity index (χ0v) is 10.8. The normalized spacial score (nSPS) is 24.2. The minimum absolute atomic E-state index is 0.0781. The first-order chi connectivity index (χ1) is 9.17. The van der Waals surface area contributed by atoms with E-state index < -0.39 is 30.3 Å². The monoisotopic (exact) mass is 290 g/mol. The van der Waals surface area contributed by atoms with Crippen LogP contribution in [0.1, 0.15) is 24.9 Å². The van der Waals surface area contributed by atoms with Gasteiger partial charge in [-0.2, -0.15) is 28.4 Å². The maximum absolute atomic E-state index is 12.9. The molecule has 0 spiro atoms. The summed E-state index contributed by atoms with van der Waals surface area (Å²) < 4.78 is 39.9. The molecular weight excluding hydrogens is 277 g/mol. The molecule has 0 saturated carbocycles. The minimum Gasteiger partial charge on any atom is -0.362 e. The third-order valence-electron chi connectivity index (χ3n) is 3.07. The first kappa shape index (κ1) is 14.5. The Balaban J connectivity index is 2.26. The summed E-state index contributed by atoms with van der Waals surface area (Å²) in [5, 5.41) is 17.0. The van der Waals surface area contributed by atoms with E-state index in [1.807, 2.05) is 0 Å². The van der Waals surface area contributed by atoms with Crippen molar-refractivity contribution in [2.45, 2.75) is 38.2 Å². The molecule has 0 radical (unpaired) electrons. The van der Waals surface area contributed by atoms with E-state index in [0.717, 1.165) is 11.8 Å². The van der Waals surface area contributed by atoms with Crippen molar-refractivity contribution in [1.29, 1.82) is 0 Å². The molecule has 0 aromatic carbocycles. The first-order valence-electron chi connectivity index (χ1n) is 5.83. The number of amides is 1. The van der Waals surface area contributed by atoms with Crippen LogP contribution in [0.3, 0.4) is 0 Å². The van der Waals surface area contributed by atoms with Gasteiger partial charge in [-0.05, 0) is 19.4 Å². The maximum Gasteiger partial charge on any atom is 0.438 e. The highest BCUT2D eigenvalue weighted by atomic mass is 19.4. The lowest BCUT2D eigenvalue weighted by Gasteiger charge is -2.33. The van der Waals surface area contributed by atoms with Crippen molar-refractivity contribution in [3.8, 4) is 0 Å². The molecule has 9 heteroatoms. The second-order valence-electron chi connectivity index (χ2n) is 4.64. The van der Waals surface area contributed by atoms with Gasteiger partial charge in [0.15, 0.2) is 0 Å². The predicted octanol–water partition coefficient (Wildman–Crippen LogP) is 1.22. The van der Waals surface area contributed by atoms with Crippen molar-refractivity contribution in [3.05, 3.63) is 18.0 Å². The fourth-order valence-electron chi connectivity index (χ4n) is 1.84. The molecule has 2 rings (SSSR count). The lowest BCUT2D eigenvalue weighted by atomic mass is 10.1. The maximum atomic E-state index is 12.9. The number of aliphatic hydroxyl groups is 1. The van der Waals surface area contributed by atoms with Crippen LogP contribution in [0.5, 0.6) is 0 Å². The summed E-state index contributed by atoms with van der Waals surface area (Å²) in [4.78, 5) is 12.1. The van der Waals surface area contributed by atoms with E-state index in [0.29, 0.717) is 0 Å². The van der Waals surface area contributed by atoms with E-state index >= 15 is 0 Å². The summed E-state index contributed by atoms with van der Waals surface area (Å²) in [7, 11) is 0. The van der Waals surface area contributed by atoms with Crippen LogP contribution in [0.15, 0.2) is 17.5 Å². The van der Waals surface area contributed by atoms with Crippen LogP contribution < -0.4 is 0 Å². The van der Waals surface area contributed by atoms with E-state index in [9.17, 15) is 23.1 Å². The molecule has 20 heavy (non-hydrogen) atoms. The molecule has 1 aliphatic rings. The van der Waals surface area contributed by atoms with Crippen molar-refractivity contribution in [2.24, 2.45) is 5.10 Å². The van der Waals surface area contributed by atoms with Gasteiger partial charge in [-0.1, -0.05) is 0 Å². The predicted molar refractivity (Wildman–Crippen MR) is 62.6 cm³/mol. The summed E-state index contributed by atoms with van der Waals surface area (Å²) in [6.45, 7) is 3.13. The van der Waals surface area contributed by atoms with E-state index in [1.54, 1.807) is 6.92 Å². The van der Waals surface area contributed by atoms with Crippen LogP contribution in [-0.2, 0) is 4.79 Å². The van der Waals surface area contributed by atoms with Crippen LogP contribution in [0.2, 0.25) is 0 Å². The molecule has 0 unspecified atom stereocenters. The van der Waals surface area contributed by atoms with Gasteiger partial charge in [-0.25, -0.2) is 0 Å². The molecule has 2 atom stereocenters. The highest BCUT2D eigenvalue weighted by molar-refractivity contribution is 5.83. The summed E-state index contributed by atoms with van der Waals surface area (Å²) in [5.74, 6) is -0.985. The summed E-state index contributed by atoms with van der Waals surface area (Å²) in [6, 6.07) is -1.01. The van der Waals surface area contributed by atoms with Crippen LogP contribution in [-0.4, -0.2) is 43.9 Å². The largest absolute Gasteiger partial charge is 0.438 e. The number of aryl methyl sites for hydroxylation is 1. The number of hydrazone groups is 1. The van der Waals surface area contributed by atoms with E-state index in [1.165, 1.54) is 24.0 Å². The molecule has 6 nitrogen and oxygen atoms in total. The minimum atomic E-state index is -4.99. The average molecular weight is 290 g/mol. The second kappa shape index (κ2) is 4.58. The molecule has 1 aromatic heterocycles. The SMILES string of the molecule is Cc1cnn([C@H](C)C(=O)N2N=CC[C@]2(O)C(F)(F)F)c1. The smallest absolute Gasteiger partial charge is 0.362 e. The zero-order chi connectivity index (χ0) is 15.1. The van der Waals surface area contributed by atoms with Gasteiger partial charge in [-0.15, -0.1) is 0 Å². The molecule has 0 saturated heterocycles. The van der Waals surface area contributed by atoms with Crippen molar-refractivity contribution in [1.82, 2.24) is 14.8 Å². The first-order valence-corrected chi connectivity index (χ1v) is 5.83. The fraction of sp³-hybridized carbons (Fsp3) is 0.545. The van der Waals surface area contributed by atoms with Gasteiger partial charge in [0, 0.05) is 18.8 Å². The van der Waals surface area contributed by atoms with Gasteiger partial charge in [0.25, 0.3) is 11.6 Å². The Morgan fingerprint density at radius 1 is 1.55 bits per heavy atom. The molecule has 2 heterocycles. The van der Waals surface area contributed by atoms with Gasteiger partial charge < -0.3 is 5.11 Å². The third-order valence-corrected chi connectivity index (χ3v) is 3.07. The van der Waals surface area contributed by atoms with Crippen molar-refractivity contribution >= 4 is 12.1 Å². The molecule has 0 bridgehead atoms. The number of hydrogen-bond acceptors (Lipinski definition) is 4. The molecule has 110 valence electrons. The van der Waals surface area contributed by atoms with Gasteiger partial charge in [-0.3, -0.25) is 9.48 Å². The molecular formula is C11H13F3N4O2. The fourth-order valence-corrected chi connectivity index (χ4v) is 1.84. The number of rotatable bonds is 2. The van der Waals surface area contributed by atoms with Crippen molar-refractivity contribution in [2.75, 3.05) is 0 Å². The van der Waals surface area contributed by atoms with Crippen LogP contribution in [0.25, 0.3) is 0 Å². The molecule has 1 N–H and O–H groups in total. The van der Waals surface area contributed by atoms with Gasteiger partial charge in [0.05, 0.1) is 6.20 Å². The number of halogens is 3. The number of alkyl halides is 3. The Labute approximate surface area is 112 Å². The van der Waals surface area contributed by atoms with Crippen molar-refractivity contribution < 1.29 is 23.1 Å². The number of nitrogens with zero attached hydrogens (tertiary/aromatic N) is 4. The highest BCUT2D eigenvalue weighted by Crippen LogP contribution is 2.39. The molecule has 1 aliphatic heterocycles. The molecule has 1 amide bonds. The lowest BCUT2D eigenvalue weighted by Crippen LogP contribution is -2.57. The lowest BCUT2D eigenvalue weighted by molar-refractivity contribution is -0.302. The van der Waals surface area contributed by atoms with E-state index in [4.69, 9.17) is 0 Å². The summed E-state index contributed by atoms with van der Waals surface area (Å²) >= 11 is 0. The Morgan fingerprint density at radius 2 is 2.20 bits per heavy atom. The van der Waals surface area contributed by atoms with E-state index in [2.05, 4.69) is 10.2 Å². The van der Waals surface area contributed by atoms with Crippen LogP contribution >= 0.6 is 0 Å². The molecule has 1 aromatic rings. The molecule has 0 fully saturated rings. The topological polar surface area (TPSA) is 70.7 Å². The van der Waals surface area contributed by atoms with Crippen LogP contribution in [0.4, 0.5) is 13.2 Å². The Bertz CT molecular complexity index is 554. The highest BCUT2D eigenvalue weighted by Gasteiger charge is 2.62. The number of carbonyl (C=O) groups is 1. The number of hydrogen-bond donors (Lipinski definition) is 1. The number of carbonyl (C=O) groups excluding carboxylic acids is 1. The second-order valence-corrected chi connectivity index (χ2v) is 4.64. The Morgan fingerprint density at radius 3 is 2.70 bits per heavy atom. The Hall–Kier alpha value is -1.90. The van der Waals surface area contributed by atoms with Gasteiger partial charge >= 0.3 is 6.18 Å². The van der Waals surface area contributed by atoms with Gasteiger partial charge in [0.2, 0.25) is 0 Å². The Kier molecular flexibility index (Phi) is 3.32. The van der Waals surface area contributed by atoms with Crippen LogP contribution in [0, 0.1) is 6.92 Å². The third kappa shape index (κ3) is 2.17. The average Bonchev–Trinajstić information content (AvgIpc) is 2.93. The standard InChI is InChI=1S/C11H13F3N4O2/c1-7-5-16-17(6-7)8(2)9(19)18-10(20,3-4-15-18)11(12,13)14/h4-6,8,20H,3H2,1-2H3/t8-,10+/m1/s1. The van der Waals surface area contributed by atoms with Gasteiger partial charge in [0.1, 0.15) is 6.04 Å². The number of aromatic nitrogens is 2.